The molecule has 0 radical (unpaired) electrons. The molecule has 0 bridgehead atoms. The van der Waals surface area contributed by atoms with Gasteiger partial charge < -0.3 is 15.8 Å². The Morgan fingerprint density at radius 1 is 1.55 bits per heavy atom. The molecule has 1 amide bonds. The Hall–Kier alpha value is -2.21. The van der Waals surface area contributed by atoms with Gasteiger partial charge in [0.25, 0.3) is 5.91 Å². The molecule has 0 fully saturated rings. The number of nitrogens with zero attached hydrogens (tertiary/aromatic N) is 2. The Labute approximate surface area is 121 Å². The molecule has 6 nitrogen and oxygen atoms in total. The molecular weight excluding hydrogens is 280 g/mol. The molecule has 0 aliphatic rings. The van der Waals surface area contributed by atoms with Crippen LogP contribution in [0.15, 0.2) is 30.5 Å². The van der Waals surface area contributed by atoms with Crippen molar-refractivity contribution in [3.63, 3.8) is 0 Å². The van der Waals surface area contributed by atoms with Crippen molar-refractivity contribution in [2.45, 2.75) is 0 Å². The maximum absolute atomic E-state index is 11.8. The summed E-state index contributed by atoms with van der Waals surface area (Å²) in [5, 5.41) is 7.22. The highest BCUT2D eigenvalue weighted by atomic mass is 35.5. The quantitative estimate of drug-likeness (QED) is 0.818. The fourth-order valence-electron chi connectivity index (χ4n) is 1.67. The normalized spacial score (nSPS) is 10.3. The van der Waals surface area contributed by atoms with Crippen LogP contribution in [0.2, 0.25) is 5.02 Å². The van der Waals surface area contributed by atoms with E-state index in [9.17, 15) is 4.79 Å². The number of benzene rings is 1. The second-order valence-corrected chi connectivity index (χ2v) is 4.60. The third-order valence-electron chi connectivity index (χ3n) is 2.55. The highest BCUT2D eigenvalue weighted by Gasteiger charge is 2.12. The van der Waals surface area contributed by atoms with Gasteiger partial charge in [0.05, 0.1) is 6.54 Å². The van der Waals surface area contributed by atoms with E-state index in [4.69, 9.17) is 22.1 Å². The minimum atomic E-state index is -0.273. The zero-order chi connectivity index (χ0) is 14.5. The molecule has 1 heterocycles. The van der Waals surface area contributed by atoms with Gasteiger partial charge in [-0.2, -0.15) is 5.10 Å². The van der Waals surface area contributed by atoms with Gasteiger partial charge in [0, 0.05) is 18.3 Å². The van der Waals surface area contributed by atoms with E-state index in [1.54, 1.807) is 37.5 Å². The second kappa shape index (κ2) is 6.29. The van der Waals surface area contributed by atoms with Gasteiger partial charge in [0.1, 0.15) is 17.9 Å². The molecule has 0 aliphatic carbocycles. The number of aryl methyl sites for hydroxylation is 1. The Morgan fingerprint density at radius 3 is 3.00 bits per heavy atom. The van der Waals surface area contributed by atoms with E-state index in [1.165, 1.54) is 4.68 Å². The average molecular weight is 295 g/mol. The monoisotopic (exact) mass is 294 g/mol. The van der Waals surface area contributed by atoms with Crippen LogP contribution in [0.3, 0.4) is 0 Å². The molecule has 2 aromatic rings. The lowest BCUT2D eigenvalue weighted by molar-refractivity contribution is 0.0948. The number of nitrogen functional groups attached to an aromatic ring is 1. The molecular formula is C13H15ClN4O2. The van der Waals surface area contributed by atoms with E-state index in [2.05, 4.69) is 10.4 Å². The number of ether oxygens (including phenoxy) is 1. The molecule has 0 spiro atoms. The molecule has 0 saturated heterocycles. The summed E-state index contributed by atoms with van der Waals surface area (Å²) in [5.41, 5.74) is 5.97. The van der Waals surface area contributed by atoms with Gasteiger partial charge in [-0.05, 0) is 18.2 Å². The average Bonchev–Trinajstić information content (AvgIpc) is 2.74. The third kappa shape index (κ3) is 3.64. The Balaban J connectivity index is 1.79. The summed E-state index contributed by atoms with van der Waals surface area (Å²) in [6, 6.07) is 7.07. The van der Waals surface area contributed by atoms with Crippen molar-refractivity contribution in [2.24, 2.45) is 7.05 Å². The zero-order valence-corrected chi connectivity index (χ0v) is 11.7. The van der Waals surface area contributed by atoms with E-state index < -0.39 is 0 Å². The number of anilines is 1. The number of rotatable bonds is 5. The Bertz CT molecular complexity index is 612. The minimum absolute atomic E-state index is 0.209. The van der Waals surface area contributed by atoms with Crippen molar-refractivity contribution in [2.75, 3.05) is 18.9 Å². The molecule has 0 atom stereocenters. The molecule has 1 aromatic heterocycles. The maximum Gasteiger partial charge on any atom is 0.256 e. The molecule has 106 valence electrons. The van der Waals surface area contributed by atoms with E-state index in [0.717, 1.165) is 0 Å². The van der Waals surface area contributed by atoms with Crippen LogP contribution in [0.1, 0.15) is 10.4 Å². The fraction of sp³-hybridized carbons (Fsp3) is 0.231. The van der Waals surface area contributed by atoms with Gasteiger partial charge in [0.2, 0.25) is 0 Å². The van der Waals surface area contributed by atoms with Gasteiger partial charge in [-0.25, -0.2) is 0 Å². The standard InChI is InChI=1S/C13H15ClN4O2/c1-18-8-11(12(15)17-18)13(19)16-5-6-20-10-4-2-3-9(14)7-10/h2-4,7-8H,5-6H2,1H3,(H2,15,17)(H,16,19). The molecule has 2 rings (SSSR count). The zero-order valence-electron chi connectivity index (χ0n) is 11.0. The van der Waals surface area contributed by atoms with Crippen LogP contribution >= 0.6 is 11.6 Å². The number of hydrogen-bond donors (Lipinski definition) is 2. The smallest absolute Gasteiger partial charge is 0.256 e. The fourth-order valence-corrected chi connectivity index (χ4v) is 1.85. The van der Waals surface area contributed by atoms with Gasteiger partial charge in [-0.15, -0.1) is 0 Å². The topological polar surface area (TPSA) is 82.2 Å². The molecule has 3 N–H and O–H groups in total. The van der Waals surface area contributed by atoms with E-state index >= 15 is 0 Å². The van der Waals surface area contributed by atoms with Gasteiger partial charge >= 0.3 is 0 Å². The summed E-state index contributed by atoms with van der Waals surface area (Å²) in [6.07, 6.45) is 1.57. The first-order valence-electron chi connectivity index (χ1n) is 6.02. The maximum atomic E-state index is 11.8. The summed E-state index contributed by atoms with van der Waals surface area (Å²) in [7, 11) is 1.70. The lowest BCUT2D eigenvalue weighted by atomic mass is 10.3. The lowest BCUT2D eigenvalue weighted by Gasteiger charge is -2.07. The van der Waals surface area contributed by atoms with Gasteiger partial charge in [-0.1, -0.05) is 17.7 Å². The number of nitrogens with two attached hydrogens (primary N) is 1. The SMILES string of the molecule is Cn1cc(C(=O)NCCOc2cccc(Cl)c2)c(N)n1. The number of amides is 1. The van der Waals surface area contributed by atoms with E-state index in [0.29, 0.717) is 29.5 Å². The van der Waals surface area contributed by atoms with Crippen LogP contribution in [0.4, 0.5) is 5.82 Å². The number of nitrogens with one attached hydrogen (secondary N) is 1. The van der Waals surface area contributed by atoms with Crippen molar-refractivity contribution in [3.05, 3.63) is 41.0 Å². The van der Waals surface area contributed by atoms with Crippen LogP contribution < -0.4 is 15.8 Å². The molecule has 1 aromatic carbocycles. The van der Waals surface area contributed by atoms with Crippen LogP contribution in [0, 0.1) is 0 Å². The van der Waals surface area contributed by atoms with Crippen molar-refractivity contribution < 1.29 is 9.53 Å². The summed E-state index contributed by atoms with van der Waals surface area (Å²) in [4.78, 5) is 11.8. The number of carbonyl (C=O) groups excluding carboxylic acids is 1. The summed E-state index contributed by atoms with van der Waals surface area (Å²) < 4.78 is 6.95. The largest absolute Gasteiger partial charge is 0.492 e. The van der Waals surface area contributed by atoms with Crippen LogP contribution in [0.25, 0.3) is 0 Å². The number of halogens is 1. The van der Waals surface area contributed by atoms with Crippen molar-refractivity contribution in [1.29, 1.82) is 0 Å². The first-order valence-corrected chi connectivity index (χ1v) is 6.40. The van der Waals surface area contributed by atoms with Crippen molar-refractivity contribution in [1.82, 2.24) is 15.1 Å². The molecule has 20 heavy (non-hydrogen) atoms. The highest BCUT2D eigenvalue weighted by Crippen LogP contribution is 2.16. The predicted octanol–water partition coefficient (Wildman–Crippen LogP) is 1.46. The van der Waals surface area contributed by atoms with Crippen LogP contribution in [-0.2, 0) is 7.05 Å². The van der Waals surface area contributed by atoms with E-state index in [1.807, 2.05) is 0 Å². The van der Waals surface area contributed by atoms with Crippen LogP contribution in [-0.4, -0.2) is 28.8 Å². The van der Waals surface area contributed by atoms with E-state index in [-0.39, 0.29) is 11.7 Å². The second-order valence-electron chi connectivity index (χ2n) is 4.16. The van der Waals surface area contributed by atoms with Gasteiger partial charge in [-0.3, -0.25) is 9.48 Å². The number of aromatic nitrogens is 2. The molecule has 0 aliphatic heterocycles. The van der Waals surface area contributed by atoms with Crippen molar-refractivity contribution in [3.8, 4) is 5.75 Å². The number of carbonyl (C=O) groups is 1. The Kier molecular flexibility index (Phi) is 4.47. The van der Waals surface area contributed by atoms with Crippen LogP contribution in [0.5, 0.6) is 5.75 Å². The Morgan fingerprint density at radius 2 is 2.35 bits per heavy atom. The highest BCUT2D eigenvalue weighted by molar-refractivity contribution is 6.30. The first kappa shape index (κ1) is 14.2. The molecule has 7 heteroatoms. The van der Waals surface area contributed by atoms with Gasteiger partial charge in [0.15, 0.2) is 5.82 Å². The predicted molar refractivity (Wildman–Crippen MR) is 76.9 cm³/mol. The molecule has 0 unspecified atom stereocenters. The summed E-state index contributed by atoms with van der Waals surface area (Å²) in [6.45, 7) is 0.700. The minimum Gasteiger partial charge on any atom is -0.492 e. The third-order valence-corrected chi connectivity index (χ3v) is 2.79. The lowest BCUT2D eigenvalue weighted by Crippen LogP contribution is -2.28. The first-order chi connectivity index (χ1) is 9.56. The number of hydrogen-bond acceptors (Lipinski definition) is 4. The molecule has 0 saturated carbocycles. The van der Waals surface area contributed by atoms with Crippen molar-refractivity contribution >= 4 is 23.3 Å². The summed E-state index contributed by atoms with van der Waals surface area (Å²) in [5.74, 6) is 0.596. The summed E-state index contributed by atoms with van der Waals surface area (Å²) >= 11 is 5.83.